The zero-order valence-corrected chi connectivity index (χ0v) is 15.8. The first-order chi connectivity index (χ1) is 11.2. The van der Waals surface area contributed by atoms with E-state index in [0.29, 0.717) is 0 Å². The number of carbonyl (C=O) groups excluding carboxylic acids is 1. The average molecular weight is 332 g/mol. The molecule has 0 radical (unpaired) electrons. The van der Waals surface area contributed by atoms with E-state index in [1.165, 1.54) is 31.8 Å². The smallest absolute Gasteiger partial charge is 0.302 e. The molecule has 1 rings (SSSR count). The van der Waals surface area contributed by atoms with Gasteiger partial charge in [0.15, 0.2) is 0 Å². The van der Waals surface area contributed by atoms with E-state index in [9.17, 15) is 9.90 Å². The van der Waals surface area contributed by atoms with E-state index in [2.05, 4.69) is 26.0 Å². The van der Waals surface area contributed by atoms with E-state index in [1.807, 2.05) is 26.0 Å². The fraction of sp³-hybridized carbons (Fsp3) is 0.571. The molecule has 0 bridgehead atoms. The summed E-state index contributed by atoms with van der Waals surface area (Å²) in [7, 11) is 0. The first-order valence-electron chi connectivity index (χ1n) is 8.75. The highest BCUT2D eigenvalue weighted by Crippen LogP contribution is 2.38. The van der Waals surface area contributed by atoms with E-state index in [-0.39, 0.29) is 18.0 Å². The maximum Gasteiger partial charge on any atom is 0.302 e. The monoisotopic (exact) mass is 332 g/mol. The lowest BCUT2D eigenvalue weighted by molar-refractivity contribution is -0.139. The van der Waals surface area contributed by atoms with Crippen LogP contribution in [0, 0.1) is 5.41 Å². The third-order valence-electron chi connectivity index (χ3n) is 4.61. The molecule has 1 unspecified atom stereocenters. The Balaban J connectivity index is 2.57. The number of hydrogen-bond acceptors (Lipinski definition) is 3. The molecule has 0 amide bonds. The molecule has 134 valence electrons. The normalized spacial score (nSPS) is 20.0. The van der Waals surface area contributed by atoms with Crippen molar-refractivity contribution in [2.75, 3.05) is 6.61 Å². The Bertz CT molecular complexity index is 547. The topological polar surface area (TPSA) is 46.5 Å². The van der Waals surface area contributed by atoms with Gasteiger partial charge in [-0.15, -0.1) is 0 Å². The van der Waals surface area contributed by atoms with Crippen LogP contribution in [0.15, 0.2) is 47.1 Å². The van der Waals surface area contributed by atoms with Crippen molar-refractivity contribution in [2.24, 2.45) is 5.41 Å². The fourth-order valence-corrected chi connectivity index (χ4v) is 2.76. The second-order valence-electron chi connectivity index (χ2n) is 7.21. The summed E-state index contributed by atoms with van der Waals surface area (Å²) < 4.78 is 4.86. The molecular weight excluding hydrogens is 300 g/mol. The van der Waals surface area contributed by atoms with Gasteiger partial charge in [-0.05, 0) is 56.6 Å². The number of esters is 1. The number of carbonyl (C=O) groups is 1. The highest BCUT2D eigenvalue weighted by Gasteiger charge is 2.24. The molecule has 24 heavy (non-hydrogen) atoms. The maximum absolute atomic E-state index is 10.7. The van der Waals surface area contributed by atoms with Crippen molar-refractivity contribution in [1.29, 1.82) is 0 Å². The lowest BCUT2D eigenvalue weighted by Gasteiger charge is -2.31. The van der Waals surface area contributed by atoms with E-state index in [1.54, 1.807) is 6.08 Å². The van der Waals surface area contributed by atoms with Crippen LogP contribution in [0.3, 0.4) is 0 Å². The molecule has 0 aromatic heterocycles. The van der Waals surface area contributed by atoms with Gasteiger partial charge in [0.2, 0.25) is 0 Å². The predicted octanol–water partition coefficient (Wildman–Crippen LogP) is 4.89. The molecule has 1 aliphatic carbocycles. The molecule has 0 heterocycles. The van der Waals surface area contributed by atoms with Gasteiger partial charge < -0.3 is 9.84 Å². The van der Waals surface area contributed by atoms with E-state index < -0.39 is 6.10 Å². The van der Waals surface area contributed by atoms with Crippen molar-refractivity contribution in [3.63, 3.8) is 0 Å². The number of aliphatic hydroxyl groups excluding tert-OH is 1. The van der Waals surface area contributed by atoms with Crippen molar-refractivity contribution < 1.29 is 14.6 Å². The average Bonchev–Trinajstić information content (AvgIpc) is 2.50. The Morgan fingerprint density at radius 3 is 2.67 bits per heavy atom. The van der Waals surface area contributed by atoms with Crippen molar-refractivity contribution in [3.8, 4) is 0 Å². The van der Waals surface area contributed by atoms with Crippen molar-refractivity contribution in [2.45, 2.75) is 66.4 Å². The van der Waals surface area contributed by atoms with E-state index in [4.69, 9.17) is 4.74 Å². The zero-order valence-electron chi connectivity index (χ0n) is 15.8. The van der Waals surface area contributed by atoms with Gasteiger partial charge >= 0.3 is 5.97 Å². The van der Waals surface area contributed by atoms with Crippen LogP contribution in [0.25, 0.3) is 0 Å². The van der Waals surface area contributed by atoms with Crippen LogP contribution in [0.4, 0.5) is 0 Å². The Labute approximate surface area is 146 Å². The van der Waals surface area contributed by atoms with Crippen molar-refractivity contribution in [3.05, 3.63) is 47.1 Å². The lowest BCUT2D eigenvalue weighted by Crippen LogP contribution is -2.18. The number of aliphatic hydroxyl groups is 1. The molecule has 3 heteroatoms. The number of allylic oxidation sites excluding steroid dienone is 5. The fourth-order valence-electron chi connectivity index (χ4n) is 2.76. The van der Waals surface area contributed by atoms with Gasteiger partial charge in [-0.1, -0.05) is 49.3 Å². The second-order valence-corrected chi connectivity index (χ2v) is 7.21. The van der Waals surface area contributed by atoms with Crippen LogP contribution in [0.1, 0.15) is 60.3 Å². The summed E-state index contributed by atoms with van der Waals surface area (Å²) in [5.41, 5.74) is 3.66. The SMILES string of the molecule is CC(=O)OC/C=C(C)\C=C/C(O)/C(C)=C/CC1=CCCCC1(C)C. The summed E-state index contributed by atoms with van der Waals surface area (Å²) in [4.78, 5) is 10.7. The standard InChI is InChI=1S/C21H32O3/c1-16(13-15-24-18(3)22)9-12-20(23)17(2)10-11-19-8-6-7-14-21(19,4)5/h8-10,12-13,20,23H,6-7,11,14-15H2,1-5H3/b12-9-,16-13-,17-10+. The van der Waals surface area contributed by atoms with Crippen molar-refractivity contribution in [1.82, 2.24) is 0 Å². The third kappa shape index (κ3) is 7.31. The summed E-state index contributed by atoms with van der Waals surface area (Å²) in [5, 5.41) is 10.3. The largest absolute Gasteiger partial charge is 0.462 e. The molecule has 0 spiro atoms. The Hall–Kier alpha value is -1.61. The van der Waals surface area contributed by atoms with Crippen LogP contribution in [-0.2, 0) is 9.53 Å². The minimum absolute atomic E-state index is 0.264. The Morgan fingerprint density at radius 1 is 1.33 bits per heavy atom. The molecule has 0 saturated carbocycles. The molecule has 0 aliphatic heterocycles. The van der Waals surface area contributed by atoms with Gasteiger partial charge in [-0.25, -0.2) is 0 Å². The number of ether oxygens (including phenoxy) is 1. The summed E-state index contributed by atoms with van der Waals surface area (Å²) in [5.74, 6) is -0.290. The Kier molecular flexibility index (Phi) is 8.20. The van der Waals surface area contributed by atoms with Gasteiger partial charge in [0.25, 0.3) is 0 Å². The van der Waals surface area contributed by atoms with Crippen LogP contribution in [-0.4, -0.2) is 23.8 Å². The lowest BCUT2D eigenvalue weighted by atomic mass is 9.74. The Morgan fingerprint density at radius 2 is 2.04 bits per heavy atom. The quantitative estimate of drug-likeness (QED) is 0.410. The van der Waals surface area contributed by atoms with Gasteiger partial charge in [0, 0.05) is 6.92 Å². The van der Waals surface area contributed by atoms with Gasteiger partial charge in [-0.2, -0.15) is 0 Å². The van der Waals surface area contributed by atoms with Crippen molar-refractivity contribution >= 4 is 5.97 Å². The van der Waals surface area contributed by atoms with Crippen LogP contribution >= 0.6 is 0 Å². The van der Waals surface area contributed by atoms with Gasteiger partial charge in [-0.3, -0.25) is 4.79 Å². The number of hydrogen-bond donors (Lipinski definition) is 1. The number of rotatable bonds is 7. The first-order valence-corrected chi connectivity index (χ1v) is 8.75. The van der Waals surface area contributed by atoms with Crippen LogP contribution < -0.4 is 0 Å². The van der Waals surface area contributed by atoms with E-state index in [0.717, 1.165) is 17.6 Å². The second kappa shape index (κ2) is 9.63. The molecular formula is C21H32O3. The molecule has 0 fully saturated rings. The van der Waals surface area contributed by atoms with Crippen LogP contribution in [0.5, 0.6) is 0 Å². The van der Waals surface area contributed by atoms with Gasteiger partial charge in [0.1, 0.15) is 6.61 Å². The molecule has 0 saturated heterocycles. The molecule has 0 aromatic rings. The van der Waals surface area contributed by atoms with E-state index >= 15 is 0 Å². The molecule has 0 aromatic carbocycles. The summed E-state index contributed by atoms with van der Waals surface area (Å²) in [6.07, 6.45) is 13.9. The highest BCUT2D eigenvalue weighted by atomic mass is 16.5. The first kappa shape index (κ1) is 20.4. The van der Waals surface area contributed by atoms with Crippen LogP contribution in [0.2, 0.25) is 0 Å². The zero-order chi connectivity index (χ0) is 18.2. The minimum atomic E-state index is -0.589. The third-order valence-corrected chi connectivity index (χ3v) is 4.61. The highest BCUT2D eigenvalue weighted by molar-refractivity contribution is 5.66. The summed E-state index contributed by atoms with van der Waals surface area (Å²) in [6, 6.07) is 0. The molecule has 1 aliphatic rings. The molecule has 1 N–H and O–H groups in total. The summed E-state index contributed by atoms with van der Waals surface area (Å²) in [6.45, 7) is 10.1. The minimum Gasteiger partial charge on any atom is -0.462 e. The molecule has 3 nitrogen and oxygen atoms in total. The maximum atomic E-state index is 10.7. The molecule has 1 atom stereocenters. The predicted molar refractivity (Wildman–Crippen MR) is 99.6 cm³/mol. The van der Waals surface area contributed by atoms with Gasteiger partial charge in [0.05, 0.1) is 6.10 Å². The summed E-state index contributed by atoms with van der Waals surface area (Å²) >= 11 is 0.